The summed E-state index contributed by atoms with van der Waals surface area (Å²) in [6, 6.07) is 9.15. The van der Waals surface area contributed by atoms with Crippen molar-refractivity contribution in [3.05, 3.63) is 53.5 Å². The number of nitrogens with one attached hydrogen (secondary N) is 2. The molecule has 1 aromatic carbocycles. The van der Waals surface area contributed by atoms with Gasteiger partial charge in [0.2, 0.25) is 5.91 Å². The molecule has 2 rings (SSSR count). The van der Waals surface area contributed by atoms with Gasteiger partial charge >= 0.3 is 0 Å². The summed E-state index contributed by atoms with van der Waals surface area (Å²) in [5, 5.41) is 5.64. The van der Waals surface area contributed by atoms with Crippen LogP contribution in [-0.2, 0) is 4.79 Å². The Morgan fingerprint density at radius 3 is 2.45 bits per heavy atom. The first kappa shape index (κ1) is 15.8. The molecule has 0 atom stereocenters. The van der Waals surface area contributed by atoms with E-state index >= 15 is 0 Å². The number of carbonyl (C=O) groups excluding carboxylic acids is 2. The van der Waals surface area contributed by atoms with Crippen LogP contribution in [0.4, 0.5) is 5.69 Å². The molecule has 5 nitrogen and oxygen atoms in total. The molecule has 0 aliphatic heterocycles. The molecule has 0 radical (unpaired) electrons. The van der Waals surface area contributed by atoms with Gasteiger partial charge in [0, 0.05) is 18.7 Å². The molecule has 0 aliphatic rings. The minimum atomic E-state index is -0.264. The van der Waals surface area contributed by atoms with Gasteiger partial charge in [-0.15, -0.1) is 0 Å². The van der Waals surface area contributed by atoms with E-state index in [1.807, 2.05) is 32.0 Å². The van der Waals surface area contributed by atoms with E-state index in [0.717, 1.165) is 16.8 Å². The van der Waals surface area contributed by atoms with Crippen molar-refractivity contribution in [1.29, 1.82) is 0 Å². The van der Waals surface area contributed by atoms with Crippen molar-refractivity contribution >= 4 is 17.5 Å². The summed E-state index contributed by atoms with van der Waals surface area (Å²) in [4.78, 5) is 23.6. The molecule has 116 valence electrons. The molecule has 0 unspecified atom stereocenters. The fourth-order valence-electron chi connectivity index (χ4n) is 2.16. The van der Waals surface area contributed by atoms with Crippen LogP contribution in [0, 0.1) is 13.8 Å². The van der Waals surface area contributed by atoms with Crippen LogP contribution in [0.2, 0.25) is 0 Å². The van der Waals surface area contributed by atoms with Gasteiger partial charge in [-0.05, 0) is 43.5 Å². The summed E-state index contributed by atoms with van der Waals surface area (Å²) in [6.07, 6.45) is 2.38. The number of hydrogen-bond acceptors (Lipinski definition) is 3. The van der Waals surface area contributed by atoms with Crippen molar-refractivity contribution in [2.24, 2.45) is 0 Å². The van der Waals surface area contributed by atoms with Crippen molar-refractivity contribution in [1.82, 2.24) is 5.32 Å². The van der Waals surface area contributed by atoms with E-state index in [2.05, 4.69) is 10.6 Å². The average molecular weight is 300 g/mol. The van der Waals surface area contributed by atoms with Crippen molar-refractivity contribution in [3.63, 3.8) is 0 Å². The third kappa shape index (κ3) is 4.22. The Labute approximate surface area is 129 Å². The second-order valence-corrected chi connectivity index (χ2v) is 5.15. The molecule has 5 heteroatoms. The van der Waals surface area contributed by atoms with E-state index in [4.69, 9.17) is 4.42 Å². The molecular formula is C17H20N2O3. The maximum Gasteiger partial charge on any atom is 0.286 e. The van der Waals surface area contributed by atoms with E-state index < -0.39 is 0 Å². The highest BCUT2D eigenvalue weighted by atomic mass is 16.3. The Bertz CT molecular complexity index is 628. The predicted molar refractivity (Wildman–Crippen MR) is 84.8 cm³/mol. The zero-order valence-electron chi connectivity index (χ0n) is 12.8. The molecule has 2 N–H and O–H groups in total. The molecule has 0 spiro atoms. The maximum atomic E-state index is 11.9. The summed E-state index contributed by atoms with van der Waals surface area (Å²) in [6.45, 7) is 4.36. The van der Waals surface area contributed by atoms with Gasteiger partial charge in [0.15, 0.2) is 5.76 Å². The highest BCUT2D eigenvalue weighted by Crippen LogP contribution is 2.19. The van der Waals surface area contributed by atoms with E-state index in [1.165, 1.54) is 6.26 Å². The Kier molecular flexibility index (Phi) is 5.36. The van der Waals surface area contributed by atoms with Gasteiger partial charge in [-0.1, -0.05) is 18.2 Å². The normalized spacial score (nSPS) is 10.3. The number of para-hydroxylation sites is 1. The smallest absolute Gasteiger partial charge is 0.286 e. The molecule has 2 amide bonds. The Balaban J connectivity index is 1.73. The molecule has 0 saturated carbocycles. The van der Waals surface area contributed by atoms with Crippen LogP contribution in [0.1, 0.15) is 34.5 Å². The van der Waals surface area contributed by atoms with E-state index in [9.17, 15) is 9.59 Å². The lowest BCUT2D eigenvalue weighted by Gasteiger charge is -2.11. The molecule has 0 aliphatic carbocycles. The number of furan rings is 1. The average Bonchev–Trinajstić information content (AvgIpc) is 3.02. The van der Waals surface area contributed by atoms with Crippen LogP contribution in [0.3, 0.4) is 0 Å². The molecule has 0 fully saturated rings. The monoisotopic (exact) mass is 300 g/mol. The number of benzene rings is 1. The highest BCUT2D eigenvalue weighted by molar-refractivity contribution is 5.93. The summed E-state index contributed by atoms with van der Waals surface area (Å²) >= 11 is 0. The molecule has 1 aromatic heterocycles. The quantitative estimate of drug-likeness (QED) is 0.805. The molecule has 1 heterocycles. The van der Waals surface area contributed by atoms with Gasteiger partial charge in [-0.3, -0.25) is 9.59 Å². The third-order valence-electron chi connectivity index (χ3n) is 3.36. The first-order chi connectivity index (χ1) is 10.6. The predicted octanol–water partition coefficient (Wildman–Crippen LogP) is 3.05. The lowest BCUT2D eigenvalue weighted by molar-refractivity contribution is -0.116. The summed E-state index contributed by atoms with van der Waals surface area (Å²) in [5.41, 5.74) is 2.95. The van der Waals surface area contributed by atoms with Gasteiger partial charge in [0.1, 0.15) is 0 Å². The minimum Gasteiger partial charge on any atom is -0.459 e. The number of carbonyl (C=O) groups is 2. The zero-order valence-corrected chi connectivity index (χ0v) is 12.8. The molecule has 0 saturated heterocycles. The highest BCUT2D eigenvalue weighted by Gasteiger charge is 2.09. The number of rotatable bonds is 6. The number of amides is 2. The Hall–Kier alpha value is -2.56. The number of anilines is 1. The van der Waals surface area contributed by atoms with Crippen molar-refractivity contribution in [2.45, 2.75) is 26.7 Å². The molecular weight excluding hydrogens is 280 g/mol. The van der Waals surface area contributed by atoms with E-state index in [-0.39, 0.29) is 17.6 Å². The van der Waals surface area contributed by atoms with Gasteiger partial charge in [0.05, 0.1) is 6.26 Å². The van der Waals surface area contributed by atoms with Crippen molar-refractivity contribution in [3.8, 4) is 0 Å². The lowest BCUT2D eigenvalue weighted by Crippen LogP contribution is -2.25. The summed E-state index contributed by atoms with van der Waals surface area (Å²) < 4.78 is 4.99. The van der Waals surface area contributed by atoms with Gasteiger partial charge < -0.3 is 15.1 Å². The van der Waals surface area contributed by atoms with Gasteiger partial charge in [0.25, 0.3) is 5.91 Å². The summed E-state index contributed by atoms with van der Waals surface area (Å²) in [7, 11) is 0. The third-order valence-corrected chi connectivity index (χ3v) is 3.36. The fourth-order valence-corrected chi connectivity index (χ4v) is 2.16. The van der Waals surface area contributed by atoms with Gasteiger partial charge in [-0.2, -0.15) is 0 Å². The second-order valence-electron chi connectivity index (χ2n) is 5.15. The largest absolute Gasteiger partial charge is 0.459 e. The molecule has 22 heavy (non-hydrogen) atoms. The number of hydrogen-bond donors (Lipinski definition) is 2. The van der Waals surface area contributed by atoms with Crippen molar-refractivity contribution < 1.29 is 14.0 Å². The lowest BCUT2D eigenvalue weighted by atomic mass is 10.1. The van der Waals surface area contributed by atoms with Gasteiger partial charge in [-0.25, -0.2) is 0 Å². The fraction of sp³-hybridized carbons (Fsp3) is 0.294. The zero-order chi connectivity index (χ0) is 15.9. The first-order valence-electron chi connectivity index (χ1n) is 7.25. The van der Waals surface area contributed by atoms with Crippen LogP contribution >= 0.6 is 0 Å². The molecule has 0 bridgehead atoms. The van der Waals surface area contributed by atoms with Crippen LogP contribution in [-0.4, -0.2) is 18.4 Å². The first-order valence-corrected chi connectivity index (χ1v) is 7.25. The Morgan fingerprint density at radius 2 is 1.82 bits per heavy atom. The van der Waals surface area contributed by atoms with Crippen LogP contribution in [0.25, 0.3) is 0 Å². The second kappa shape index (κ2) is 7.45. The maximum absolute atomic E-state index is 11.9. The topological polar surface area (TPSA) is 71.3 Å². The Morgan fingerprint density at radius 1 is 1.09 bits per heavy atom. The van der Waals surface area contributed by atoms with E-state index in [0.29, 0.717) is 19.4 Å². The van der Waals surface area contributed by atoms with Crippen LogP contribution in [0.5, 0.6) is 0 Å². The minimum absolute atomic E-state index is 0.0513. The SMILES string of the molecule is Cc1cccc(C)c1NC(=O)CCCNC(=O)c1ccco1. The van der Waals surface area contributed by atoms with Crippen LogP contribution < -0.4 is 10.6 Å². The standard InChI is InChI=1S/C17H20N2O3/c1-12-6-3-7-13(2)16(12)19-15(20)9-4-10-18-17(21)14-8-5-11-22-14/h3,5-8,11H,4,9-10H2,1-2H3,(H,18,21)(H,19,20). The van der Waals surface area contributed by atoms with Crippen molar-refractivity contribution in [2.75, 3.05) is 11.9 Å². The molecule has 2 aromatic rings. The summed E-state index contributed by atoms with van der Waals surface area (Å²) in [5.74, 6) is -0.0372. The van der Waals surface area contributed by atoms with Crippen LogP contribution in [0.15, 0.2) is 41.0 Å². The number of aryl methyl sites for hydroxylation is 2. The van der Waals surface area contributed by atoms with E-state index in [1.54, 1.807) is 12.1 Å².